The maximum atomic E-state index is 4.61. The minimum absolute atomic E-state index is 0.909. The van der Waals surface area contributed by atoms with Crippen molar-refractivity contribution in [1.29, 1.82) is 0 Å². The zero-order valence-corrected chi connectivity index (χ0v) is 10.4. The summed E-state index contributed by atoms with van der Waals surface area (Å²) >= 11 is 8.09. The number of nitrogens with zero attached hydrogens (tertiary/aromatic N) is 1. The largest absolute Gasteiger partial charge is 0.275 e. The Bertz CT molecular complexity index is 374. The standard InChI is InChI=1S/C10H11BrN2S/c1-7-3-4-9(5-10(7)11)8(2)13-12-6-14/h3-6H,1-2H3,(H,12,14)/b13-8+. The lowest BCUT2D eigenvalue weighted by Gasteiger charge is -2.03. The van der Waals surface area contributed by atoms with E-state index in [9.17, 15) is 0 Å². The summed E-state index contributed by atoms with van der Waals surface area (Å²) < 4.78 is 1.09. The van der Waals surface area contributed by atoms with E-state index in [0.717, 1.165) is 15.7 Å². The van der Waals surface area contributed by atoms with Gasteiger partial charge in [-0.2, -0.15) is 5.10 Å². The molecule has 0 amide bonds. The summed E-state index contributed by atoms with van der Waals surface area (Å²) in [5.74, 6) is 0. The SMILES string of the molecule is C/C(=N\NC=S)c1ccc(C)c(Br)c1. The minimum Gasteiger partial charge on any atom is -0.275 e. The second-order valence-electron chi connectivity index (χ2n) is 2.91. The second kappa shape index (κ2) is 5.22. The van der Waals surface area contributed by atoms with Crippen molar-refractivity contribution < 1.29 is 0 Å². The molecule has 0 heterocycles. The number of rotatable bonds is 3. The van der Waals surface area contributed by atoms with Crippen molar-refractivity contribution in [2.75, 3.05) is 0 Å². The summed E-state index contributed by atoms with van der Waals surface area (Å²) in [5.41, 5.74) is 7.22. The van der Waals surface area contributed by atoms with Crippen molar-refractivity contribution in [3.05, 3.63) is 33.8 Å². The molecule has 2 nitrogen and oxygen atoms in total. The van der Waals surface area contributed by atoms with Crippen LogP contribution in [0.2, 0.25) is 0 Å². The van der Waals surface area contributed by atoms with Crippen LogP contribution in [0.15, 0.2) is 27.8 Å². The van der Waals surface area contributed by atoms with Crippen LogP contribution in [-0.4, -0.2) is 11.2 Å². The molecule has 0 bridgehead atoms. The Morgan fingerprint density at radius 3 is 2.86 bits per heavy atom. The van der Waals surface area contributed by atoms with E-state index in [2.05, 4.69) is 51.7 Å². The van der Waals surface area contributed by atoms with Crippen LogP contribution in [-0.2, 0) is 0 Å². The molecule has 0 aliphatic heterocycles. The van der Waals surface area contributed by atoms with Crippen LogP contribution < -0.4 is 5.43 Å². The van der Waals surface area contributed by atoms with Crippen LogP contribution in [0.4, 0.5) is 0 Å². The van der Waals surface area contributed by atoms with Crippen molar-refractivity contribution in [3.63, 3.8) is 0 Å². The van der Waals surface area contributed by atoms with Gasteiger partial charge in [0, 0.05) is 4.47 Å². The topological polar surface area (TPSA) is 24.4 Å². The van der Waals surface area contributed by atoms with E-state index in [1.807, 2.05) is 19.1 Å². The lowest BCUT2D eigenvalue weighted by Crippen LogP contribution is -2.05. The fourth-order valence-electron chi connectivity index (χ4n) is 1.01. The summed E-state index contributed by atoms with van der Waals surface area (Å²) in [6.45, 7) is 3.98. The smallest absolute Gasteiger partial charge is 0.0829 e. The zero-order chi connectivity index (χ0) is 10.6. The van der Waals surface area contributed by atoms with Crippen molar-refractivity contribution in [2.45, 2.75) is 13.8 Å². The first kappa shape index (κ1) is 11.3. The van der Waals surface area contributed by atoms with Gasteiger partial charge in [0.2, 0.25) is 0 Å². The van der Waals surface area contributed by atoms with Gasteiger partial charge in [0.05, 0.1) is 11.2 Å². The van der Waals surface area contributed by atoms with Gasteiger partial charge in [0.1, 0.15) is 0 Å². The third kappa shape index (κ3) is 2.89. The van der Waals surface area contributed by atoms with Gasteiger partial charge in [0.15, 0.2) is 0 Å². The zero-order valence-electron chi connectivity index (χ0n) is 8.04. The molecule has 0 atom stereocenters. The van der Waals surface area contributed by atoms with Crippen LogP contribution in [0.25, 0.3) is 0 Å². The first-order valence-electron chi connectivity index (χ1n) is 4.15. The molecule has 4 heteroatoms. The van der Waals surface area contributed by atoms with Crippen LogP contribution >= 0.6 is 28.1 Å². The molecule has 0 fully saturated rings. The van der Waals surface area contributed by atoms with E-state index in [1.165, 1.54) is 11.1 Å². The first-order valence-corrected chi connectivity index (χ1v) is 5.41. The van der Waals surface area contributed by atoms with Crippen LogP contribution in [0.3, 0.4) is 0 Å². The molecule has 1 rings (SSSR count). The Kier molecular flexibility index (Phi) is 4.22. The summed E-state index contributed by atoms with van der Waals surface area (Å²) in [6, 6.07) is 6.12. The summed E-state index contributed by atoms with van der Waals surface area (Å²) in [6.07, 6.45) is 0. The van der Waals surface area contributed by atoms with E-state index >= 15 is 0 Å². The highest BCUT2D eigenvalue weighted by Gasteiger charge is 1.99. The van der Waals surface area contributed by atoms with E-state index in [1.54, 1.807) is 0 Å². The van der Waals surface area contributed by atoms with Gasteiger partial charge in [-0.3, -0.25) is 5.43 Å². The molecule has 0 saturated carbocycles. The third-order valence-corrected chi connectivity index (χ3v) is 2.83. The van der Waals surface area contributed by atoms with E-state index < -0.39 is 0 Å². The highest BCUT2D eigenvalue weighted by molar-refractivity contribution is 9.10. The Labute approximate surface area is 97.5 Å². The van der Waals surface area contributed by atoms with Gasteiger partial charge in [-0.25, -0.2) is 0 Å². The van der Waals surface area contributed by atoms with Gasteiger partial charge >= 0.3 is 0 Å². The van der Waals surface area contributed by atoms with Crippen LogP contribution in [0.1, 0.15) is 18.1 Å². The first-order chi connectivity index (χ1) is 6.65. The van der Waals surface area contributed by atoms with Gasteiger partial charge in [-0.05, 0) is 31.0 Å². The average molecular weight is 271 g/mol. The number of thiocarbonyl (C=S) groups is 1. The maximum Gasteiger partial charge on any atom is 0.0829 e. The number of aryl methyl sites for hydroxylation is 1. The quantitative estimate of drug-likeness (QED) is 0.519. The molecule has 0 unspecified atom stereocenters. The highest BCUT2D eigenvalue weighted by Crippen LogP contribution is 2.17. The summed E-state index contributed by atoms with van der Waals surface area (Å²) in [7, 11) is 0. The summed E-state index contributed by atoms with van der Waals surface area (Å²) in [5, 5.41) is 4.07. The molecule has 74 valence electrons. The maximum absolute atomic E-state index is 4.61. The fourth-order valence-corrected chi connectivity index (χ4v) is 1.44. The van der Waals surface area contributed by atoms with Gasteiger partial charge in [0.25, 0.3) is 0 Å². The van der Waals surface area contributed by atoms with E-state index in [0.29, 0.717) is 0 Å². The Morgan fingerprint density at radius 2 is 2.29 bits per heavy atom. The fraction of sp³-hybridized carbons (Fsp3) is 0.200. The number of nitrogens with one attached hydrogen (secondary N) is 1. The second-order valence-corrected chi connectivity index (χ2v) is 4.00. The van der Waals surface area contributed by atoms with Crippen molar-refractivity contribution in [3.8, 4) is 0 Å². The molecular weight excluding hydrogens is 260 g/mol. The number of benzene rings is 1. The Hall–Kier alpha value is -0.740. The van der Waals surface area contributed by atoms with E-state index in [4.69, 9.17) is 0 Å². The number of halogens is 1. The predicted octanol–water partition coefficient (Wildman–Crippen LogP) is 3.03. The van der Waals surface area contributed by atoms with Crippen LogP contribution in [0.5, 0.6) is 0 Å². The Morgan fingerprint density at radius 1 is 1.57 bits per heavy atom. The molecule has 0 saturated heterocycles. The van der Waals surface area contributed by atoms with Gasteiger partial charge < -0.3 is 0 Å². The lowest BCUT2D eigenvalue weighted by molar-refractivity contribution is 1.06. The molecule has 1 N–H and O–H groups in total. The predicted molar refractivity (Wildman–Crippen MR) is 67.9 cm³/mol. The van der Waals surface area contributed by atoms with Gasteiger partial charge in [-0.1, -0.05) is 40.3 Å². The number of hydrogen-bond donors (Lipinski definition) is 1. The van der Waals surface area contributed by atoms with Gasteiger partial charge in [-0.15, -0.1) is 0 Å². The summed E-state index contributed by atoms with van der Waals surface area (Å²) in [4.78, 5) is 0. The Balaban J connectivity index is 2.96. The molecule has 0 radical (unpaired) electrons. The van der Waals surface area contributed by atoms with Crippen molar-refractivity contribution >= 4 is 39.4 Å². The molecule has 1 aromatic rings. The van der Waals surface area contributed by atoms with Crippen molar-refractivity contribution in [1.82, 2.24) is 5.43 Å². The molecule has 1 aromatic carbocycles. The molecule has 0 spiro atoms. The minimum atomic E-state index is 0.909. The number of hydrazone groups is 1. The van der Waals surface area contributed by atoms with Crippen molar-refractivity contribution in [2.24, 2.45) is 5.10 Å². The highest BCUT2D eigenvalue weighted by atomic mass is 79.9. The number of hydrogen-bond acceptors (Lipinski definition) is 2. The molecular formula is C10H11BrN2S. The average Bonchev–Trinajstić information content (AvgIpc) is 2.18. The molecule has 0 aromatic heterocycles. The molecule has 0 aliphatic rings. The van der Waals surface area contributed by atoms with E-state index in [-0.39, 0.29) is 0 Å². The normalized spacial score (nSPS) is 11.2. The molecule has 14 heavy (non-hydrogen) atoms. The lowest BCUT2D eigenvalue weighted by atomic mass is 10.1. The molecule has 0 aliphatic carbocycles. The monoisotopic (exact) mass is 270 g/mol. The van der Waals surface area contributed by atoms with Crippen LogP contribution in [0, 0.1) is 6.92 Å². The third-order valence-electron chi connectivity index (χ3n) is 1.87.